The minimum Gasteiger partial charge on any atom is -0.315 e. The van der Waals surface area contributed by atoms with Crippen molar-refractivity contribution in [3.05, 3.63) is 64.4 Å². The van der Waals surface area contributed by atoms with Gasteiger partial charge in [-0.1, -0.05) is 41.9 Å². The summed E-state index contributed by atoms with van der Waals surface area (Å²) < 4.78 is 103. The zero-order valence-corrected chi connectivity index (χ0v) is 19.6. The molecule has 0 unspecified atom stereocenters. The number of rotatable bonds is 11. The van der Waals surface area contributed by atoms with Crippen LogP contribution in [0.3, 0.4) is 0 Å². The summed E-state index contributed by atoms with van der Waals surface area (Å²) in [6.07, 6.45) is -3.17. The number of hydrogen-bond acceptors (Lipinski definition) is 6. The lowest BCUT2D eigenvalue weighted by Gasteiger charge is -2.37. The van der Waals surface area contributed by atoms with Gasteiger partial charge in [0, 0.05) is 5.56 Å². The smallest absolute Gasteiger partial charge is 0.248 e. The van der Waals surface area contributed by atoms with Gasteiger partial charge in [0.15, 0.2) is 18.4 Å². The van der Waals surface area contributed by atoms with Crippen molar-refractivity contribution < 1.29 is 39.5 Å². The van der Waals surface area contributed by atoms with E-state index in [2.05, 4.69) is 0 Å². The maximum absolute atomic E-state index is 15.5. The average molecular weight is 528 g/mol. The fourth-order valence-corrected chi connectivity index (χ4v) is 7.39. The molecule has 0 bridgehead atoms. The van der Waals surface area contributed by atoms with E-state index in [1.807, 2.05) is 0 Å². The van der Waals surface area contributed by atoms with Gasteiger partial charge in [0.1, 0.15) is 5.69 Å². The van der Waals surface area contributed by atoms with Gasteiger partial charge < -0.3 is 9.47 Å². The van der Waals surface area contributed by atoms with Gasteiger partial charge in [-0.05, 0) is 25.0 Å². The van der Waals surface area contributed by atoms with Gasteiger partial charge >= 0.3 is 0 Å². The Bertz CT molecular complexity index is 1140. The molecule has 33 heavy (non-hydrogen) atoms. The van der Waals surface area contributed by atoms with Crippen molar-refractivity contribution in [2.45, 2.75) is 25.4 Å². The Labute approximate surface area is 195 Å². The molecule has 0 radical (unpaired) electrons. The van der Waals surface area contributed by atoms with E-state index in [1.165, 1.54) is 0 Å². The fraction of sp³-hybridized carbons (Fsp3) is 0.400. The van der Waals surface area contributed by atoms with Gasteiger partial charge in [-0.15, -0.1) is 0 Å². The van der Waals surface area contributed by atoms with Crippen LogP contribution in [0.1, 0.15) is 36.5 Å². The van der Waals surface area contributed by atoms with Crippen molar-refractivity contribution in [3.63, 3.8) is 0 Å². The van der Waals surface area contributed by atoms with Gasteiger partial charge in [-0.3, -0.25) is 8.78 Å². The van der Waals surface area contributed by atoms with Crippen LogP contribution in [0.4, 0.5) is 18.9 Å². The summed E-state index contributed by atoms with van der Waals surface area (Å²) >= 11 is 6.09. The number of ether oxygens (including phenoxy) is 2. The third-order valence-corrected chi connectivity index (χ3v) is 9.39. The Balaban J connectivity index is 2.00. The van der Waals surface area contributed by atoms with Gasteiger partial charge in [-0.2, -0.15) is 3.71 Å². The number of hydrogen-bond donors (Lipinski definition) is 0. The van der Waals surface area contributed by atoms with E-state index in [0.717, 1.165) is 12.1 Å². The second-order valence-electron chi connectivity index (χ2n) is 7.06. The topological polar surface area (TPSA) is 90.0 Å². The molecule has 1 heterocycles. The molecule has 2 aromatic carbocycles. The first-order valence-electron chi connectivity index (χ1n) is 9.84. The van der Waals surface area contributed by atoms with Crippen LogP contribution in [0.25, 0.3) is 0 Å². The van der Waals surface area contributed by atoms with Crippen LogP contribution in [0.2, 0.25) is 5.02 Å². The van der Waals surface area contributed by atoms with E-state index < -0.39 is 87.4 Å². The molecule has 1 aliphatic heterocycles. The predicted octanol–water partition coefficient (Wildman–Crippen LogP) is 4.41. The molecule has 0 aromatic heterocycles. The van der Waals surface area contributed by atoms with Crippen molar-refractivity contribution in [1.29, 1.82) is 0 Å². The SMILES string of the molecule is O=S(=O)(CCCF)N(c1ccc(Cl)c(C2OC(c3ccccc3)O2)c1F)S(=O)(=O)CCCF. The van der Waals surface area contributed by atoms with Gasteiger partial charge in [0.25, 0.3) is 0 Å². The lowest BCUT2D eigenvalue weighted by molar-refractivity contribution is -0.397. The molecule has 0 N–H and O–H groups in total. The summed E-state index contributed by atoms with van der Waals surface area (Å²) in [5.74, 6) is -3.10. The second-order valence-corrected chi connectivity index (χ2v) is 11.6. The molecule has 0 atom stereocenters. The van der Waals surface area contributed by atoms with E-state index in [9.17, 15) is 25.6 Å². The summed E-state index contributed by atoms with van der Waals surface area (Å²) in [7, 11) is -9.46. The number of nitrogens with zero attached hydrogens (tertiary/aromatic N) is 1. The molecule has 7 nitrogen and oxygen atoms in total. The summed E-state index contributed by atoms with van der Waals surface area (Å²) in [6.45, 7) is -2.06. The molecule has 0 spiro atoms. The summed E-state index contributed by atoms with van der Waals surface area (Å²) in [6, 6.07) is 10.7. The maximum Gasteiger partial charge on any atom is 0.248 e. The van der Waals surface area contributed by atoms with Crippen LogP contribution in [0.15, 0.2) is 42.5 Å². The van der Waals surface area contributed by atoms with E-state index in [1.54, 1.807) is 30.3 Å². The first kappa shape index (κ1) is 25.8. The maximum atomic E-state index is 15.5. The zero-order chi connectivity index (χ0) is 24.2. The molecule has 0 amide bonds. The molecule has 182 valence electrons. The number of benzene rings is 2. The highest BCUT2D eigenvalue weighted by Gasteiger charge is 2.41. The molecular weight excluding hydrogens is 507 g/mol. The Morgan fingerprint density at radius 2 is 1.39 bits per heavy atom. The standard InChI is InChI=1S/C20H21ClF3NO6S2/c21-15-8-9-16(25(32(26,27)12-4-10-22)33(28,29)13-5-11-23)18(24)17(15)20-30-19(31-20)14-6-2-1-3-7-14/h1-3,6-9,19-20H,4-5,10-13H2. The molecule has 1 fully saturated rings. The van der Waals surface area contributed by atoms with Gasteiger partial charge in [-0.25, -0.2) is 21.2 Å². The van der Waals surface area contributed by atoms with Crippen molar-refractivity contribution >= 4 is 37.3 Å². The molecule has 0 saturated carbocycles. The Morgan fingerprint density at radius 3 is 1.91 bits per heavy atom. The highest BCUT2D eigenvalue weighted by atomic mass is 35.5. The van der Waals surface area contributed by atoms with Crippen LogP contribution < -0.4 is 3.71 Å². The van der Waals surface area contributed by atoms with E-state index in [0.29, 0.717) is 5.56 Å². The molecule has 1 saturated heterocycles. The third kappa shape index (κ3) is 5.62. The minimum absolute atomic E-state index is 0.117. The number of anilines is 1. The number of alkyl halides is 2. The van der Waals surface area contributed by atoms with Crippen molar-refractivity contribution in [2.24, 2.45) is 0 Å². The number of sulfonamides is 2. The largest absolute Gasteiger partial charge is 0.315 e. The van der Waals surface area contributed by atoms with Crippen LogP contribution in [0.5, 0.6) is 0 Å². The molecule has 1 aliphatic rings. The zero-order valence-electron chi connectivity index (χ0n) is 17.2. The Morgan fingerprint density at radius 1 is 0.848 bits per heavy atom. The first-order chi connectivity index (χ1) is 15.6. The highest BCUT2D eigenvalue weighted by Crippen LogP contribution is 2.46. The Hall–Kier alpha value is -1.86. The highest BCUT2D eigenvalue weighted by molar-refractivity contribution is 8.10. The third-order valence-electron chi connectivity index (χ3n) is 4.68. The molecule has 0 aliphatic carbocycles. The van der Waals surface area contributed by atoms with E-state index >= 15 is 4.39 Å². The van der Waals surface area contributed by atoms with Gasteiger partial charge in [0.2, 0.25) is 20.0 Å². The van der Waals surface area contributed by atoms with Crippen LogP contribution in [-0.2, 0) is 29.5 Å². The number of halogens is 4. The van der Waals surface area contributed by atoms with E-state index in [4.69, 9.17) is 21.1 Å². The summed E-state index contributed by atoms with van der Waals surface area (Å²) in [5, 5.41) is -0.185. The minimum atomic E-state index is -4.73. The van der Waals surface area contributed by atoms with Crippen molar-refractivity contribution in [3.8, 4) is 0 Å². The average Bonchev–Trinajstić information content (AvgIpc) is 2.74. The summed E-state index contributed by atoms with van der Waals surface area (Å²) in [5.41, 5.74) is -0.610. The Kier molecular flexibility index (Phi) is 8.27. The van der Waals surface area contributed by atoms with Crippen LogP contribution in [0, 0.1) is 5.82 Å². The molecular formula is C20H21ClF3NO6S2. The quantitative estimate of drug-likeness (QED) is 0.430. The normalized spacial score (nSPS) is 18.7. The van der Waals surface area contributed by atoms with E-state index in [-0.39, 0.29) is 8.73 Å². The monoisotopic (exact) mass is 527 g/mol. The van der Waals surface area contributed by atoms with Crippen molar-refractivity contribution in [2.75, 3.05) is 28.6 Å². The van der Waals surface area contributed by atoms with Crippen molar-refractivity contribution in [1.82, 2.24) is 0 Å². The fourth-order valence-electron chi connectivity index (χ4n) is 3.17. The first-order valence-corrected chi connectivity index (χ1v) is 13.4. The van der Waals surface area contributed by atoms with Crippen LogP contribution in [-0.4, -0.2) is 41.7 Å². The van der Waals surface area contributed by atoms with Gasteiger partial charge in [0.05, 0.1) is 35.4 Å². The summed E-state index contributed by atoms with van der Waals surface area (Å²) in [4.78, 5) is 0. The van der Waals surface area contributed by atoms with Crippen LogP contribution >= 0.6 is 11.6 Å². The second kappa shape index (κ2) is 10.6. The molecule has 3 rings (SSSR count). The lowest BCUT2D eigenvalue weighted by atomic mass is 10.1. The lowest BCUT2D eigenvalue weighted by Crippen LogP contribution is -2.41. The molecule has 13 heteroatoms. The molecule has 2 aromatic rings. The predicted molar refractivity (Wildman–Crippen MR) is 117 cm³/mol.